The molecule has 0 bridgehead atoms. The smallest absolute Gasteiger partial charge is 0.244 e. The first-order chi connectivity index (χ1) is 8.60. The Morgan fingerprint density at radius 2 is 2.33 bits per heavy atom. The Kier molecular flexibility index (Phi) is 3.86. The van der Waals surface area contributed by atoms with E-state index >= 15 is 0 Å². The quantitative estimate of drug-likeness (QED) is 0.822. The van der Waals surface area contributed by atoms with Crippen LogP contribution in [0.2, 0.25) is 0 Å². The van der Waals surface area contributed by atoms with Gasteiger partial charge in [0.2, 0.25) is 5.91 Å². The Balaban J connectivity index is 1.93. The molecule has 2 rings (SSSR count). The van der Waals surface area contributed by atoms with Gasteiger partial charge in [-0.2, -0.15) is 5.10 Å². The number of hydrogen-bond donors (Lipinski definition) is 1. The number of hydrogen-bond acceptors (Lipinski definition) is 4. The number of nitrogen functional groups attached to an aromatic ring is 1. The van der Waals surface area contributed by atoms with Crippen molar-refractivity contribution in [2.75, 3.05) is 32.4 Å². The van der Waals surface area contributed by atoms with Crippen LogP contribution in [0.5, 0.6) is 0 Å². The van der Waals surface area contributed by atoms with Crippen molar-refractivity contribution in [3.05, 3.63) is 12.3 Å². The SMILES string of the molecule is CCC1CN(C(=O)Cn2ccc(N)n2)CCN1C. The van der Waals surface area contributed by atoms with Crippen molar-refractivity contribution in [3.8, 4) is 0 Å². The highest BCUT2D eigenvalue weighted by Gasteiger charge is 2.26. The zero-order chi connectivity index (χ0) is 13.1. The fraction of sp³-hybridized carbons (Fsp3) is 0.667. The Morgan fingerprint density at radius 1 is 1.56 bits per heavy atom. The molecule has 1 saturated heterocycles. The van der Waals surface area contributed by atoms with Gasteiger partial charge in [0.15, 0.2) is 0 Å². The number of amides is 1. The standard InChI is InChI=1S/C12H21N5O/c1-3-10-8-16(7-6-15(10)2)12(18)9-17-5-4-11(13)14-17/h4-5,10H,3,6-9H2,1-2H3,(H2,13,14). The fourth-order valence-electron chi connectivity index (χ4n) is 2.32. The largest absolute Gasteiger partial charge is 0.382 e. The summed E-state index contributed by atoms with van der Waals surface area (Å²) in [6.45, 7) is 4.97. The molecular formula is C12H21N5O. The van der Waals surface area contributed by atoms with E-state index in [1.54, 1.807) is 16.9 Å². The van der Waals surface area contributed by atoms with Crippen LogP contribution >= 0.6 is 0 Å². The molecule has 0 aromatic carbocycles. The maximum Gasteiger partial charge on any atom is 0.244 e. The normalized spacial score (nSPS) is 21.2. The van der Waals surface area contributed by atoms with Crippen LogP contribution < -0.4 is 5.73 Å². The number of carbonyl (C=O) groups excluding carboxylic acids is 1. The Labute approximate surface area is 107 Å². The van der Waals surface area contributed by atoms with Gasteiger partial charge in [-0.15, -0.1) is 0 Å². The second-order valence-corrected chi connectivity index (χ2v) is 4.82. The predicted molar refractivity (Wildman–Crippen MR) is 69.9 cm³/mol. The Hall–Kier alpha value is -1.56. The number of likely N-dealkylation sites (N-methyl/N-ethyl adjacent to an activating group) is 1. The van der Waals surface area contributed by atoms with Crippen molar-refractivity contribution in [1.82, 2.24) is 19.6 Å². The number of aromatic nitrogens is 2. The van der Waals surface area contributed by atoms with Crippen LogP contribution in [0.1, 0.15) is 13.3 Å². The first-order valence-corrected chi connectivity index (χ1v) is 6.37. The molecule has 6 nitrogen and oxygen atoms in total. The van der Waals surface area contributed by atoms with Crippen LogP contribution in [0.3, 0.4) is 0 Å². The number of piperazine rings is 1. The monoisotopic (exact) mass is 251 g/mol. The molecule has 1 fully saturated rings. The summed E-state index contributed by atoms with van der Waals surface area (Å²) >= 11 is 0. The van der Waals surface area contributed by atoms with Gasteiger partial charge in [-0.1, -0.05) is 6.92 Å². The minimum absolute atomic E-state index is 0.115. The molecule has 2 N–H and O–H groups in total. The van der Waals surface area contributed by atoms with Gasteiger partial charge >= 0.3 is 0 Å². The van der Waals surface area contributed by atoms with Crippen LogP contribution in [0.15, 0.2) is 12.3 Å². The van der Waals surface area contributed by atoms with Crippen molar-refractivity contribution in [2.24, 2.45) is 0 Å². The highest BCUT2D eigenvalue weighted by atomic mass is 16.2. The topological polar surface area (TPSA) is 67.4 Å². The zero-order valence-electron chi connectivity index (χ0n) is 11.0. The van der Waals surface area contributed by atoms with Gasteiger partial charge in [0, 0.05) is 31.9 Å². The third-order valence-corrected chi connectivity index (χ3v) is 3.56. The Morgan fingerprint density at radius 3 is 2.94 bits per heavy atom. The molecule has 1 aliphatic rings. The van der Waals surface area contributed by atoms with Crippen LogP contribution in [0, 0.1) is 0 Å². The average Bonchev–Trinajstić information content (AvgIpc) is 2.75. The molecule has 6 heteroatoms. The van der Waals surface area contributed by atoms with Crippen molar-refractivity contribution in [2.45, 2.75) is 25.9 Å². The van der Waals surface area contributed by atoms with Gasteiger partial charge in [0.25, 0.3) is 0 Å². The van der Waals surface area contributed by atoms with E-state index in [-0.39, 0.29) is 12.5 Å². The van der Waals surface area contributed by atoms with Crippen LogP contribution in [0.4, 0.5) is 5.82 Å². The van der Waals surface area contributed by atoms with E-state index in [1.807, 2.05) is 4.90 Å². The number of rotatable bonds is 3. The van der Waals surface area contributed by atoms with Crippen LogP contribution in [-0.4, -0.2) is 58.2 Å². The number of anilines is 1. The average molecular weight is 251 g/mol. The molecule has 1 aliphatic heterocycles. The summed E-state index contributed by atoms with van der Waals surface area (Å²) < 4.78 is 1.59. The molecule has 1 unspecified atom stereocenters. The van der Waals surface area contributed by atoms with E-state index < -0.39 is 0 Å². The minimum atomic E-state index is 0.115. The second-order valence-electron chi connectivity index (χ2n) is 4.82. The fourth-order valence-corrected chi connectivity index (χ4v) is 2.32. The molecular weight excluding hydrogens is 230 g/mol. The van der Waals surface area contributed by atoms with Gasteiger partial charge in [0.05, 0.1) is 0 Å². The van der Waals surface area contributed by atoms with E-state index in [0.29, 0.717) is 11.9 Å². The highest BCUT2D eigenvalue weighted by Crippen LogP contribution is 2.11. The summed E-state index contributed by atoms with van der Waals surface area (Å²) in [4.78, 5) is 16.4. The summed E-state index contributed by atoms with van der Waals surface area (Å²) in [6.07, 6.45) is 2.80. The molecule has 0 aliphatic carbocycles. The van der Waals surface area contributed by atoms with Gasteiger partial charge in [-0.3, -0.25) is 14.4 Å². The predicted octanol–water partition coefficient (Wildman–Crippen LogP) is 0.0179. The molecule has 0 spiro atoms. The van der Waals surface area contributed by atoms with Crippen molar-refractivity contribution in [3.63, 3.8) is 0 Å². The molecule has 1 aromatic heterocycles. The second kappa shape index (κ2) is 5.39. The zero-order valence-corrected chi connectivity index (χ0v) is 11.0. The molecule has 1 aromatic rings. The maximum atomic E-state index is 12.2. The number of nitrogens with zero attached hydrogens (tertiary/aromatic N) is 4. The molecule has 2 heterocycles. The lowest BCUT2D eigenvalue weighted by Crippen LogP contribution is -2.53. The molecule has 1 amide bonds. The van der Waals surface area contributed by atoms with E-state index in [1.165, 1.54) is 0 Å². The number of nitrogens with two attached hydrogens (primary N) is 1. The lowest BCUT2D eigenvalue weighted by Gasteiger charge is -2.39. The van der Waals surface area contributed by atoms with Crippen molar-refractivity contribution < 1.29 is 4.79 Å². The third-order valence-electron chi connectivity index (χ3n) is 3.56. The van der Waals surface area contributed by atoms with E-state index in [9.17, 15) is 4.79 Å². The Bertz CT molecular complexity index is 416. The first-order valence-electron chi connectivity index (χ1n) is 6.37. The lowest BCUT2D eigenvalue weighted by atomic mass is 10.1. The molecule has 100 valence electrons. The lowest BCUT2D eigenvalue weighted by molar-refractivity contribution is -0.134. The van der Waals surface area contributed by atoms with E-state index in [4.69, 9.17) is 5.73 Å². The highest BCUT2D eigenvalue weighted by molar-refractivity contribution is 5.76. The number of carbonyl (C=O) groups is 1. The van der Waals surface area contributed by atoms with Crippen LogP contribution in [-0.2, 0) is 11.3 Å². The summed E-state index contributed by atoms with van der Waals surface area (Å²) in [7, 11) is 2.12. The summed E-state index contributed by atoms with van der Waals surface area (Å²) in [6, 6.07) is 2.16. The van der Waals surface area contributed by atoms with Crippen molar-refractivity contribution >= 4 is 11.7 Å². The molecule has 0 radical (unpaired) electrons. The van der Waals surface area contributed by atoms with Crippen molar-refractivity contribution in [1.29, 1.82) is 0 Å². The first kappa shape index (κ1) is 12.9. The van der Waals surface area contributed by atoms with Gasteiger partial charge in [-0.25, -0.2) is 0 Å². The van der Waals surface area contributed by atoms with Crippen LogP contribution in [0.25, 0.3) is 0 Å². The maximum absolute atomic E-state index is 12.2. The molecule has 1 atom stereocenters. The summed E-state index contributed by atoms with van der Waals surface area (Å²) in [5.41, 5.74) is 5.53. The molecule has 18 heavy (non-hydrogen) atoms. The summed E-state index contributed by atoms with van der Waals surface area (Å²) in [5.74, 6) is 0.567. The van der Waals surface area contributed by atoms with Gasteiger partial charge in [0.1, 0.15) is 12.4 Å². The van der Waals surface area contributed by atoms with E-state index in [0.717, 1.165) is 26.1 Å². The van der Waals surface area contributed by atoms with Gasteiger partial charge < -0.3 is 10.6 Å². The third kappa shape index (κ3) is 2.81. The summed E-state index contributed by atoms with van der Waals surface area (Å²) in [5, 5.41) is 4.04. The van der Waals surface area contributed by atoms with Gasteiger partial charge in [-0.05, 0) is 19.5 Å². The van der Waals surface area contributed by atoms with E-state index in [2.05, 4.69) is 24.0 Å². The minimum Gasteiger partial charge on any atom is -0.382 e. The molecule has 0 saturated carbocycles.